The van der Waals surface area contributed by atoms with E-state index in [4.69, 9.17) is 15.7 Å². The molecule has 2 aromatic rings. The first-order chi connectivity index (χ1) is 9.51. The molecule has 0 saturated carbocycles. The van der Waals surface area contributed by atoms with Crippen molar-refractivity contribution in [1.29, 1.82) is 5.26 Å². The van der Waals surface area contributed by atoms with Crippen LogP contribution in [0, 0.1) is 27.3 Å². The lowest BCUT2D eigenvalue weighted by Gasteiger charge is -2.07. The van der Waals surface area contributed by atoms with Crippen LogP contribution >= 0.6 is 0 Å². The van der Waals surface area contributed by atoms with E-state index in [0.29, 0.717) is 0 Å². The molecule has 0 aliphatic carbocycles. The summed E-state index contributed by atoms with van der Waals surface area (Å²) in [5.74, 6) is -0.644. The third-order valence-electron chi connectivity index (χ3n) is 2.48. The minimum absolute atomic E-state index is 0.0819. The van der Waals surface area contributed by atoms with E-state index in [2.05, 4.69) is 0 Å². The Morgan fingerprint density at radius 2 is 2.05 bits per heavy atom. The highest BCUT2D eigenvalue weighted by Crippen LogP contribution is 2.30. The second kappa shape index (κ2) is 5.24. The van der Waals surface area contributed by atoms with E-state index < -0.39 is 10.7 Å². The van der Waals surface area contributed by atoms with E-state index in [1.54, 1.807) is 6.07 Å². The Bertz CT molecular complexity index is 725. The number of hydrogen-bond acceptors (Lipinski definition) is 5. The number of nitro benzene ring substituents is 1. The Labute approximate surface area is 113 Å². The topological polar surface area (TPSA) is 102 Å². The molecule has 20 heavy (non-hydrogen) atoms. The summed E-state index contributed by atoms with van der Waals surface area (Å²) in [6.07, 6.45) is 0. The van der Waals surface area contributed by atoms with Crippen molar-refractivity contribution in [3.05, 3.63) is 57.9 Å². The first-order valence-electron chi connectivity index (χ1n) is 5.42. The minimum Gasteiger partial charge on any atom is -0.454 e. The monoisotopic (exact) mass is 273 g/mol. The number of benzene rings is 2. The number of rotatable bonds is 3. The van der Waals surface area contributed by atoms with Crippen molar-refractivity contribution in [3.8, 4) is 17.6 Å². The van der Waals surface area contributed by atoms with Gasteiger partial charge in [-0.05, 0) is 24.3 Å². The lowest BCUT2D eigenvalue weighted by atomic mass is 10.2. The van der Waals surface area contributed by atoms with Gasteiger partial charge < -0.3 is 10.5 Å². The second-order valence-corrected chi connectivity index (χ2v) is 3.84. The Kier molecular flexibility index (Phi) is 3.48. The molecule has 0 spiro atoms. The summed E-state index contributed by atoms with van der Waals surface area (Å²) in [4.78, 5) is 9.99. The van der Waals surface area contributed by atoms with Gasteiger partial charge in [0.05, 0.1) is 16.6 Å². The summed E-state index contributed by atoms with van der Waals surface area (Å²) >= 11 is 0. The maximum atomic E-state index is 13.6. The van der Waals surface area contributed by atoms with Crippen molar-refractivity contribution >= 4 is 11.4 Å². The molecule has 0 fully saturated rings. The summed E-state index contributed by atoms with van der Waals surface area (Å²) in [5.41, 5.74) is 5.33. The molecule has 0 saturated heterocycles. The summed E-state index contributed by atoms with van der Waals surface area (Å²) < 4.78 is 18.9. The smallest absolute Gasteiger partial charge is 0.292 e. The number of anilines is 1. The number of halogens is 1. The van der Waals surface area contributed by atoms with Crippen LogP contribution in [0.4, 0.5) is 15.8 Å². The van der Waals surface area contributed by atoms with Gasteiger partial charge in [0.25, 0.3) is 5.69 Å². The van der Waals surface area contributed by atoms with Gasteiger partial charge >= 0.3 is 0 Å². The largest absolute Gasteiger partial charge is 0.454 e. The molecule has 0 bridgehead atoms. The molecule has 2 rings (SSSR count). The molecule has 6 nitrogen and oxygen atoms in total. The van der Waals surface area contributed by atoms with Crippen molar-refractivity contribution in [2.24, 2.45) is 0 Å². The van der Waals surface area contributed by atoms with Crippen LogP contribution in [0.2, 0.25) is 0 Å². The molecule has 7 heteroatoms. The third kappa shape index (κ3) is 2.64. The van der Waals surface area contributed by atoms with Crippen LogP contribution < -0.4 is 10.5 Å². The van der Waals surface area contributed by atoms with Crippen LogP contribution in [-0.4, -0.2) is 4.92 Å². The fourth-order valence-electron chi connectivity index (χ4n) is 1.54. The Morgan fingerprint density at radius 1 is 1.30 bits per heavy atom. The van der Waals surface area contributed by atoms with Crippen LogP contribution in [-0.2, 0) is 0 Å². The van der Waals surface area contributed by atoms with Gasteiger partial charge in [-0.25, -0.2) is 4.39 Å². The van der Waals surface area contributed by atoms with Gasteiger partial charge in [0.15, 0.2) is 11.6 Å². The summed E-state index contributed by atoms with van der Waals surface area (Å²) in [5, 5.41) is 19.2. The highest BCUT2D eigenvalue weighted by atomic mass is 19.1. The molecular weight excluding hydrogens is 265 g/mol. The molecule has 0 atom stereocenters. The van der Waals surface area contributed by atoms with E-state index in [0.717, 1.165) is 6.07 Å². The number of ether oxygens (including phenoxy) is 1. The molecule has 0 heterocycles. The standard InChI is InChI=1S/C13H8FN3O3/c14-10-5-8(7-15)1-4-13(10)20-9-2-3-12(17(18)19)11(16)6-9/h1-6H,16H2. The van der Waals surface area contributed by atoms with Crippen molar-refractivity contribution in [2.45, 2.75) is 0 Å². The van der Waals surface area contributed by atoms with E-state index in [-0.39, 0.29) is 28.4 Å². The quantitative estimate of drug-likeness (QED) is 0.526. The molecule has 0 aliphatic heterocycles. The van der Waals surface area contributed by atoms with Crippen LogP contribution in [0.3, 0.4) is 0 Å². The zero-order valence-electron chi connectivity index (χ0n) is 10.0. The lowest BCUT2D eigenvalue weighted by Crippen LogP contribution is -1.96. The molecule has 0 aromatic heterocycles. The Balaban J connectivity index is 2.29. The van der Waals surface area contributed by atoms with Gasteiger partial charge in [-0.2, -0.15) is 5.26 Å². The molecule has 0 aliphatic rings. The average molecular weight is 273 g/mol. The third-order valence-corrected chi connectivity index (χ3v) is 2.48. The molecule has 100 valence electrons. The minimum atomic E-state index is -0.707. The molecule has 0 amide bonds. The number of nitrogens with zero attached hydrogens (tertiary/aromatic N) is 2. The highest BCUT2D eigenvalue weighted by molar-refractivity contribution is 5.61. The zero-order chi connectivity index (χ0) is 14.7. The van der Waals surface area contributed by atoms with Crippen molar-refractivity contribution in [2.75, 3.05) is 5.73 Å². The first kappa shape index (κ1) is 13.3. The first-order valence-corrected chi connectivity index (χ1v) is 5.42. The van der Waals surface area contributed by atoms with Crippen LogP contribution in [0.5, 0.6) is 11.5 Å². The normalized spacial score (nSPS) is 9.80. The van der Waals surface area contributed by atoms with Crippen LogP contribution in [0.15, 0.2) is 36.4 Å². The molecular formula is C13H8FN3O3. The van der Waals surface area contributed by atoms with Crippen molar-refractivity contribution < 1.29 is 14.1 Å². The predicted molar refractivity (Wildman–Crippen MR) is 68.7 cm³/mol. The van der Waals surface area contributed by atoms with Gasteiger partial charge in [0.2, 0.25) is 0 Å². The van der Waals surface area contributed by atoms with Gasteiger partial charge in [-0.1, -0.05) is 0 Å². The fraction of sp³-hybridized carbons (Fsp3) is 0. The fourth-order valence-corrected chi connectivity index (χ4v) is 1.54. The van der Waals surface area contributed by atoms with E-state index >= 15 is 0 Å². The summed E-state index contributed by atoms with van der Waals surface area (Å²) in [7, 11) is 0. The van der Waals surface area contributed by atoms with Gasteiger partial charge in [-0.3, -0.25) is 10.1 Å². The van der Waals surface area contributed by atoms with Gasteiger partial charge in [0, 0.05) is 12.1 Å². The zero-order valence-corrected chi connectivity index (χ0v) is 10.0. The molecule has 2 N–H and O–H groups in total. The Morgan fingerprint density at radius 3 is 2.60 bits per heavy atom. The predicted octanol–water partition coefficient (Wildman–Crippen LogP) is 2.98. The second-order valence-electron chi connectivity index (χ2n) is 3.84. The molecule has 2 aromatic carbocycles. The average Bonchev–Trinajstić information content (AvgIpc) is 2.40. The maximum Gasteiger partial charge on any atom is 0.292 e. The number of nitrogen functional groups attached to an aromatic ring is 1. The van der Waals surface area contributed by atoms with Crippen molar-refractivity contribution in [1.82, 2.24) is 0 Å². The van der Waals surface area contributed by atoms with Gasteiger partial charge in [-0.15, -0.1) is 0 Å². The van der Waals surface area contributed by atoms with E-state index in [1.807, 2.05) is 0 Å². The van der Waals surface area contributed by atoms with Gasteiger partial charge in [0.1, 0.15) is 11.4 Å². The van der Waals surface area contributed by atoms with Crippen molar-refractivity contribution in [3.63, 3.8) is 0 Å². The maximum absolute atomic E-state index is 13.6. The van der Waals surface area contributed by atoms with Crippen LogP contribution in [0.25, 0.3) is 0 Å². The summed E-state index contributed by atoms with van der Waals surface area (Å²) in [6, 6.07) is 9.24. The van der Waals surface area contributed by atoms with Crippen LogP contribution in [0.1, 0.15) is 5.56 Å². The number of hydrogen-bond donors (Lipinski definition) is 1. The number of nitriles is 1. The highest BCUT2D eigenvalue weighted by Gasteiger charge is 2.13. The molecule has 0 radical (unpaired) electrons. The number of nitro groups is 1. The number of nitrogens with two attached hydrogens (primary N) is 1. The SMILES string of the molecule is N#Cc1ccc(Oc2ccc([N+](=O)[O-])c(N)c2)c(F)c1. The van der Waals surface area contributed by atoms with E-state index in [1.165, 1.54) is 30.3 Å². The Hall–Kier alpha value is -3.14. The summed E-state index contributed by atoms with van der Waals surface area (Å²) in [6.45, 7) is 0. The lowest BCUT2D eigenvalue weighted by molar-refractivity contribution is -0.383. The molecule has 0 unspecified atom stereocenters. The van der Waals surface area contributed by atoms with E-state index in [9.17, 15) is 14.5 Å².